The third kappa shape index (κ3) is 3.59. The number of likely N-dealkylation sites (tertiary alicyclic amines) is 1. The van der Waals surface area contributed by atoms with Crippen LogP contribution < -0.4 is 5.32 Å². The Morgan fingerprint density at radius 3 is 2.62 bits per heavy atom. The lowest BCUT2D eigenvalue weighted by molar-refractivity contribution is 0.0388. The highest BCUT2D eigenvalue weighted by Gasteiger charge is 2.45. The number of hydrogen-bond acceptors (Lipinski definition) is 4. The first-order valence-electron chi connectivity index (χ1n) is 8.70. The first kappa shape index (κ1) is 15.3. The lowest BCUT2D eigenvalue weighted by Crippen LogP contribution is -2.49. The van der Waals surface area contributed by atoms with Gasteiger partial charge in [0.15, 0.2) is 0 Å². The predicted molar refractivity (Wildman–Crippen MR) is 82.9 cm³/mol. The lowest BCUT2D eigenvalue weighted by Gasteiger charge is -2.34. The van der Waals surface area contributed by atoms with Crippen LogP contribution in [0.15, 0.2) is 0 Å². The molecule has 118 valence electrons. The van der Waals surface area contributed by atoms with Crippen molar-refractivity contribution in [2.75, 3.05) is 26.7 Å². The zero-order valence-electron chi connectivity index (χ0n) is 13.3. The minimum absolute atomic E-state index is 0.216. The van der Waals surface area contributed by atoms with E-state index in [1.807, 2.05) is 7.11 Å². The van der Waals surface area contributed by atoms with Crippen molar-refractivity contribution in [3.05, 3.63) is 0 Å². The Hall–Kier alpha value is -0.630. The highest BCUT2D eigenvalue weighted by Crippen LogP contribution is 2.40. The maximum Gasteiger partial charge on any atom is 0.109 e. The Labute approximate surface area is 128 Å². The Kier molecular flexibility index (Phi) is 4.83. The van der Waals surface area contributed by atoms with Crippen LogP contribution in [0.1, 0.15) is 51.4 Å². The van der Waals surface area contributed by atoms with Crippen molar-refractivity contribution in [1.82, 2.24) is 10.2 Å². The molecule has 0 bridgehead atoms. The van der Waals surface area contributed by atoms with E-state index in [4.69, 9.17) is 4.74 Å². The number of ether oxygens (including phenoxy) is 1. The summed E-state index contributed by atoms with van der Waals surface area (Å²) in [4.78, 5) is 2.56. The van der Waals surface area contributed by atoms with Crippen molar-refractivity contribution in [1.29, 1.82) is 5.26 Å². The molecule has 2 unspecified atom stereocenters. The second-order valence-corrected chi connectivity index (χ2v) is 7.16. The molecule has 2 aliphatic carbocycles. The van der Waals surface area contributed by atoms with Crippen molar-refractivity contribution in [3.63, 3.8) is 0 Å². The molecule has 1 heterocycles. The highest BCUT2D eigenvalue weighted by atomic mass is 16.5. The molecule has 2 saturated carbocycles. The monoisotopic (exact) mass is 291 g/mol. The predicted octanol–water partition coefficient (Wildman–Crippen LogP) is 2.30. The Morgan fingerprint density at radius 1 is 1.24 bits per heavy atom. The number of rotatable bonds is 6. The Bertz CT molecular complexity index is 382. The van der Waals surface area contributed by atoms with E-state index in [0.29, 0.717) is 18.1 Å². The van der Waals surface area contributed by atoms with E-state index in [2.05, 4.69) is 16.3 Å². The summed E-state index contributed by atoms with van der Waals surface area (Å²) < 4.78 is 5.44. The van der Waals surface area contributed by atoms with Gasteiger partial charge in [0.2, 0.25) is 0 Å². The molecule has 21 heavy (non-hydrogen) atoms. The lowest BCUT2D eigenvalue weighted by atomic mass is 9.85. The smallest absolute Gasteiger partial charge is 0.109 e. The molecular formula is C17H29N3O. The molecule has 0 radical (unpaired) electrons. The van der Waals surface area contributed by atoms with Gasteiger partial charge in [0.05, 0.1) is 12.2 Å². The second kappa shape index (κ2) is 6.64. The summed E-state index contributed by atoms with van der Waals surface area (Å²) >= 11 is 0. The maximum atomic E-state index is 9.72. The number of nitrogens with one attached hydrogen (secondary N) is 1. The van der Waals surface area contributed by atoms with E-state index in [1.54, 1.807) is 0 Å². The largest absolute Gasteiger partial charge is 0.381 e. The van der Waals surface area contributed by atoms with E-state index in [9.17, 15) is 5.26 Å². The molecule has 1 saturated heterocycles. The van der Waals surface area contributed by atoms with Gasteiger partial charge in [-0.05, 0) is 57.4 Å². The molecule has 3 fully saturated rings. The van der Waals surface area contributed by atoms with Crippen molar-refractivity contribution in [2.45, 2.75) is 69.1 Å². The van der Waals surface area contributed by atoms with Crippen LogP contribution in [-0.4, -0.2) is 49.3 Å². The van der Waals surface area contributed by atoms with Crippen LogP contribution in [0, 0.1) is 17.2 Å². The van der Waals surface area contributed by atoms with E-state index in [0.717, 1.165) is 38.9 Å². The topological polar surface area (TPSA) is 48.3 Å². The first-order chi connectivity index (χ1) is 10.3. The molecule has 1 aliphatic heterocycles. The van der Waals surface area contributed by atoms with Gasteiger partial charge in [0, 0.05) is 26.2 Å². The van der Waals surface area contributed by atoms with Gasteiger partial charge < -0.3 is 9.64 Å². The highest BCUT2D eigenvalue weighted by molar-refractivity contribution is 5.16. The fourth-order valence-corrected chi connectivity index (χ4v) is 4.14. The Morgan fingerprint density at radius 2 is 2.00 bits per heavy atom. The van der Waals surface area contributed by atoms with E-state index < -0.39 is 0 Å². The number of piperidine rings is 1. The summed E-state index contributed by atoms with van der Waals surface area (Å²) in [6, 6.07) is 3.28. The average molecular weight is 291 g/mol. The normalized spacial score (nSPS) is 35.0. The zero-order chi connectivity index (χ0) is 14.7. The van der Waals surface area contributed by atoms with Crippen LogP contribution in [0.25, 0.3) is 0 Å². The summed E-state index contributed by atoms with van der Waals surface area (Å²) in [6.07, 6.45) is 9.96. The molecule has 3 aliphatic rings. The van der Waals surface area contributed by atoms with Gasteiger partial charge in [-0.1, -0.05) is 6.42 Å². The molecule has 2 atom stereocenters. The summed E-state index contributed by atoms with van der Waals surface area (Å²) in [5.74, 6) is 0.545. The molecule has 0 aromatic rings. The van der Waals surface area contributed by atoms with Crippen molar-refractivity contribution >= 4 is 0 Å². The number of nitrogens with zero attached hydrogens (tertiary/aromatic N) is 2. The summed E-state index contributed by atoms with van der Waals surface area (Å²) in [6.45, 7) is 3.46. The van der Waals surface area contributed by atoms with Gasteiger partial charge in [-0.25, -0.2) is 0 Å². The van der Waals surface area contributed by atoms with Crippen molar-refractivity contribution in [3.8, 4) is 6.07 Å². The molecule has 4 heteroatoms. The van der Waals surface area contributed by atoms with E-state index >= 15 is 0 Å². The van der Waals surface area contributed by atoms with Crippen molar-refractivity contribution < 1.29 is 4.74 Å². The summed E-state index contributed by atoms with van der Waals surface area (Å²) in [5.41, 5.74) is -0.216. The van der Waals surface area contributed by atoms with E-state index in [-0.39, 0.29) is 5.54 Å². The quantitative estimate of drug-likeness (QED) is 0.816. The molecule has 4 nitrogen and oxygen atoms in total. The zero-order valence-corrected chi connectivity index (χ0v) is 13.3. The molecular weight excluding hydrogens is 262 g/mol. The minimum atomic E-state index is -0.216. The van der Waals surface area contributed by atoms with Crippen LogP contribution in [0.5, 0.6) is 0 Å². The second-order valence-electron chi connectivity index (χ2n) is 7.16. The third-order valence-electron chi connectivity index (χ3n) is 5.72. The SMILES string of the molecule is COC1CCN(CCC2CCCC2(C#N)NC2CC2)CC1. The standard InChI is InChI=1S/C17H29N3O/c1-21-16-7-11-20(12-8-16)10-6-14-3-2-9-17(14,13-18)19-15-4-5-15/h14-16,19H,2-12H2,1H3. The van der Waals surface area contributed by atoms with Crippen molar-refractivity contribution in [2.24, 2.45) is 5.92 Å². The van der Waals surface area contributed by atoms with Crippen LogP contribution in [0.4, 0.5) is 0 Å². The number of nitriles is 1. The maximum absolute atomic E-state index is 9.72. The molecule has 0 aromatic heterocycles. The summed E-state index contributed by atoms with van der Waals surface area (Å²) in [5, 5.41) is 13.4. The van der Waals surface area contributed by atoms with Crippen LogP contribution in [0.3, 0.4) is 0 Å². The molecule has 0 amide bonds. The van der Waals surface area contributed by atoms with Gasteiger partial charge in [0.1, 0.15) is 5.54 Å². The third-order valence-corrected chi connectivity index (χ3v) is 5.72. The first-order valence-corrected chi connectivity index (χ1v) is 8.70. The fraction of sp³-hybridized carbons (Fsp3) is 0.941. The van der Waals surface area contributed by atoms with Gasteiger partial charge in [-0.2, -0.15) is 5.26 Å². The molecule has 3 rings (SSSR count). The van der Waals surface area contributed by atoms with Crippen LogP contribution in [-0.2, 0) is 4.74 Å². The molecule has 0 aromatic carbocycles. The van der Waals surface area contributed by atoms with E-state index in [1.165, 1.54) is 32.1 Å². The summed E-state index contributed by atoms with van der Waals surface area (Å²) in [7, 11) is 1.82. The fourth-order valence-electron chi connectivity index (χ4n) is 4.14. The van der Waals surface area contributed by atoms with Gasteiger partial charge >= 0.3 is 0 Å². The molecule has 1 N–H and O–H groups in total. The van der Waals surface area contributed by atoms with Gasteiger partial charge in [0.25, 0.3) is 0 Å². The van der Waals surface area contributed by atoms with Crippen LogP contribution >= 0.6 is 0 Å². The van der Waals surface area contributed by atoms with Crippen LogP contribution in [0.2, 0.25) is 0 Å². The average Bonchev–Trinajstić information content (AvgIpc) is 3.25. The number of methoxy groups -OCH3 is 1. The minimum Gasteiger partial charge on any atom is -0.381 e. The van der Waals surface area contributed by atoms with Gasteiger partial charge in [-0.3, -0.25) is 5.32 Å². The van der Waals surface area contributed by atoms with Gasteiger partial charge in [-0.15, -0.1) is 0 Å². The Balaban J connectivity index is 1.48. The number of hydrogen-bond donors (Lipinski definition) is 1. The molecule has 0 spiro atoms.